The number of amidine groups is 1. The average molecular weight is 487 g/mol. The van der Waals surface area contributed by atoms with E-state index in [0.717, 1.165) is 37.9 Å². The van der Waals surface area contributed by atoms with Gasteiger partial charge in [0.1, 0.15) is 6.04 Å². The fourth-order valence-corrected chi connectivity index (χ4v) is 6.15. The molecule has 2 heterocycles. The number of nitrogens with zero attached hydrogens (tertiary/aromatic N) is 2. The van der Waals surface area contributed by atoms with Crippen LogP contribution in [-0.4, -0.2) is 59.7 Å². The molecule has 0 bridgehead atoms. The lowest BCUT2D eigenvalue weighted by Crippen LogP contribution is -2.53. The van der Waals surface area contributed by atoms with E-state index < -0.39 is 17.7 Å². The lowest BCUT2D eigenvalue weighted by atomic mass is 9.85. The molecular weight excluding hydrogens is 452 g/mol. The maximum absolute atomic E-state index is 13.2. The van der Waals surface area contributed by atoms with Crippen LogP contribution in [0.2, 0.25) is 0 Å². The molecule has 2 N–H and O–H groups in total. The molecule has 2 aliphatic heterocycles. The van der Waals surface area contributed by atoms with Crippen LogP contribution in [0.5, 0.6) is 0 Å². The van der Waals surface area contributed by atoms with Gasteiger partial charge in [-0.05, 0) is 37.2 Å². The highest BCUT2D eigenvalue weighted by Gasteiger charge is 2.37. The minimum Gasteiger partial charge on any atom is -0.381 e. The summed E-state index contributed by atoms with van der Waals surface area (Å²) in [6, 6.07) is 9.43. The smallest absolute Gasteiger partial charge is 0.309 e. The molecule has 0 radical (unpaired) electrons. The molecule has 1 aromatic rings. The number of hydrogen-bond acceptors (Lipinski definition) is 6. The van der Waals surface area contributed by atoms with Crippen molar-refractivity contribution >= 4 is 34.5 Å². The van der Waals surface area contributed by atoms with Crippen LogP contribution >= 0.6 is 11.8 Å². The molecule has 1 aliphatic carbocycles. The van der Waals surface area contributed by atoms with Gasteiger partial charge >= 0.3 is 5.91 Å². The van der Waals surface area contributed by atoms with Crippen molar-refractivity contribution in [2.24, 2.45) is 16.9 Å². The highest BCUT2D eigenvalue weighted by molar-refractivity contribution is 8.14. The summed E-state index contributed by atoms with van der Waals surface area (Å²) in [5.41, 5.74) is 3.63. The molecule has 8 nitrogen and oxygen atoms in total. The predicted octanol–water partition coefficient (Wildman–Crippen LogP) is 2.85. The molecule has 34 heavy (non-hydrogen) atoms. The zero-order valence-corrected chi connectivity index (χ0v) is 20.5. The van der Waals surface area contributed by atoms with Crippen LogP contribution in [0, 0.1) is 11.8 Å². The largest absolute Gasteiger partial charge is 0.381 e. The SMILES string of the molecule is CN1C(=NNC(=O)C(=O)C(NC(=O)C2CCCCC2)C2CCOCC2)SC[C@H]1c1ccccc1. The summed E-state index contributed by atoms with van der Waals surface area (Å²) in [4.78, 5) is 40.9. The molecule has 184 valence electrons. The normalized spacial score (nSPS) is 24.1. The Hall–Kier alpha value is -2.39. The van der Waals surface area contributed by atoms with Crippen molar-refractivity contribution in [3.05, 3.63) is 35.9 Å². The summed E-state index contributed by atoms with van der Waals surface area (Å²) in [5, 5.41) is 7.84. The summed E-state index contributed by atoms with van der Waals surface area (Å²) in [5.74, 6) is -0.911. The minimum absolute atomic E-state index is 0.0781. The van der Waals surface area contributed by atoms with Gasteiger partial charge in [0, 0.05) is 31.9 Å². The van der Waals surface area contributed by atoms with Gasteiger partial charge in [-0.1, -0.05) is 61.4 Å². The topological polar surface area (TPSA) is 100 Å². The first-order chi connectivity index (χ1) is 16.5. The van der Waals surface area contributed by atoms with E-state index in [-0.39, 0.29) is 23.8 Å². The summed E-state index contributed by atoms with van der Waals surface area (Å²) in [6.45, 7) is 1.06. The number of rotatable bonds is 7. The molecular formula is C25H34N4O4S. The van der Waals surface area contributed by atoms with E-state index in [0.29, 0.717) is 31.2 Å². The van der Waals surface area contributed by atoms with Gasteiger partial charge in [-0.25, -0.2) is 5.43 Å². The van der Waals surface area contributed by atoms with Crippen LogP contribution in [0.4, 0.5) is 0 Å². The Morgan fingerprint density at radius 3 is 2.47 bits per heavy atom. The van der Waals surface area contributed by atoms with Crippen LogP contribution < -0.4 is 10.7 Å². The fraction of sp³-hybridized carbons (Fsp3) is 0.600. The van der Waals surface area contributed by atoms with Crippen molar-refractivity contribution in [2.75, 3.05) is 26.0 Å². The number of carbonyl (C=O) groups is 3. The van der Waals surface area contributed by atoms with Crippen molar-refractivity contribution in [2.45, 2.75) is 57.0 Å². The Morgan fingerprint density at radius 2 is 1.76 bits per heavy atom. The third-order valence-corrected chi connectivity index (χ3v) is 8.21. The molecule has 3 aliphatic rings. The summed E-state index contributed by atoms with van der Waals surface area (Å²) >= 11 is 1.54. The van der Waals surface area contributed by atoms with Crippen LogP contribution in [0.25, 0.3) is 0 Å². The van der Waals surface area contributed by atoms with Gasteiger partial charge in [0.15, 0.2) is 5.17 Å². The lowest BCUT2D eigenvalue weighted by molar-refractivity contribution is -0.142. The Kier molecular flexibility index (Phi) is 8.61. The number of benzene rings is 1. The number of nitrogens with one attached hydrogen (secondary N) is 2. The highest BCUT2D eigenvalue weighted by atomic mass is 32.2. The Balaban J connectivity index is 1.40. The number of Topliss-reactive ketones (excluding diaryl/α,β-unsaturated/α-hetero) is 1. The lowest BCUT2D eigenvalue weighted by Gasteiger charge is -2.31. The molecule has 1 saturated carbocycles. The molecule has 9 heteroatoms. The van der Waals surface area contributed by atoms with Crippen molar-refractivity contribution in [1.82, 2.24) is 15.6 Å². The third kappa shape index (κ3) is 5.99. The number of hydrogen-bond donors (Lipinski definition) is 2. The second kappa shape index (κ2) is 11.8. The van der Waals surface area contributed by atoms with E-state index in [4.69, 9.17) is 4.74 Å². The zero-order valence-electron chi connectivity index (χ0n) is 19.7. The van der Waals surface area contributed by atoms with Crippen LogP contribution in [-0.2, 0) is 19.1 Å². The van der Waals surface area contributed by atoms with E-state index >= 15 is 0 Å². The average Bonchev–Trinajstić information content (AvgIpc) is 3.26. The predicted molar refractivity (Wildman–Crippen MR) is 132 cm³/mol. The van der Waals surface area contributed by atoms with Gasteiger partial charge in [0.05, 0.1) is 6.04 Å². The standard InChI is InChI=1S/C25H34N4O4S/c1-29-20(17-8-4-2-5-9-17)16-34-25(29)28-27-24(32)22(30)21(18-12-14-33-15-13-18)26-23(31)19-10-6-3-7-11-19/h2,4-5,8-9,18-21H,3,6-7,10-16H2,1H3,(H,26,31)(H,27,32)/t20-,21?/m0/s1. The molecule has 0 aromatic heterocycles. The monoisotopic (exact) mass is 486 g/mol. The molecule has 0 spiro atoms. The minimum atomic E-state index is -0.843. The Morgan fingerprint density at radius 1 is 1.06 bits per heavy atom. The van der Waals surface area contributed by atoms with Crippen LogP contribution in [0.1, 0.15) is 56.6 Å². The van der Waals surface area contributed by atoms with E-state index in [1.165, 1.54) is 17.3 Å². The zero-order chi connectivity index (χ0) is 23.9. The van der Waals surface area contributed by atoms with Gasteiger partial charge in [0.2, 0.25) is 11.7 Å². The third-order valence-electron chi connectivity index (χ3n) is 7.09. The number of thioether (sulfide) groups is 1. The molecule has 3 fully saturated rings. The molecule has 2 amide bonds. The number of carbonyl (C=O) groups excluding carboxylic acids is 3. The van der Waals surface area contributed by atoms with Gasteiger partial charge in [-0.3, -0.25) is 14.4 Å². The Labute approximate surface area is 205 Å². The molecule has 4 rings (SSSR count). The number of amides is 2. The van der Waals surface area contributed by atoms with Crippen molar-refractivity contribution < 1.29 is 19.1 Å². The van der Waals surface area contributed by atoms with Crippen LogP contribution in [0.3, 0.4) is 0 Å². The summed E-state index contributed by atoms with van der Waals surface area (Å²) in [6.07, 6.45) is 6.16. The van der Waals surface area contributed by atoms with E-state index in [9.17, 15) is 14.4 Å². The van der Waals surface area contributed by atoms with Crippen molar-refractivity contribution in [3.8, 4) is 0 Å². The van der Waals surface area contributed by atoms with Crippen LogP contribution in [0.15, 0.2) is 35.4 Å². The summed E-state index contributed by atoms with van der Waals surface area (Å²) < 4.78 is 5.43. The van der Waals surface area contributed by atoms with Gasteiger partial charge in [-0.2, -0.15) is 0 Å². The highest BCUT2D eigenvalue weighted by Crippen LogP contribution is 2.33. The molecule has 2 saturated heterocycles. The quantitative estimate of drug-likeness (QED) is 0.454. The maximum atomic E-state index is 13.2. The van der Waals surface area contributed by atoms with Gasteiger partial charge in [-0.15, -0.1) is 5.10 Å². The number of ether oxygens (including phenoxy) is 1. The summed E-state index contributed by atoms with van der Waals surface area (Å²) in [7, 11) is 1.93. The van der Waals surface area contributed by atoms with Gasteiger partial charge in [0.25, 0.3) is 0 Å². The first kappa shape index (κ1) is 24.7. The number of hydrazone groups is 1. The first-order valence-corrected chi connectivity index (χ1v) is 13.2. The van der Waals surface area contributed by atoms with E-state index in [2.05, 4.69) is 28.0 Å². The molecule has 1 unspecified atom stereocenters. The molecule has 1 aromatic carbocycles. The number of ketones is 1. The van der Waals surface area contributed by atoms with E-state index in [1.54, 1.807) is 0 Å². The van der Waals surface area contributed by atoms with E-state index in [1.807, 2.05) is 30.1 Å². The fourth-order valence-electron chi connectivity index (χ4n) is 4.98. The van der Waals surface area contributed by atoms with Gasteiger partial charge < -0.3 is 15.0 Å². The Bertz CT molecular complexity index is 897. The van der Waals surface area contributed by atoms with Crippen molar-refractivity contribution in [3.63, 3.8) is 0 Å². The maximum Gasteiger partial charge on any atom is 0.309 e. The second-order valence-corrected chi connectivity index (χ2v) is 10.3. The first-order valence-electron chi connectivity index (χ1n) is 12.2. The molecule has 2 atom stereocenters. The van der Waals surface area contributed by atoms with Crippen molar-refractivity contribution in [1.29, 1.82) is 0 Å². The second-order valence-electron chi connectivity index (χ2n) is 9.32.